The van der Waals surface area contributed by atoms with E-state index in [-0.39, 0.29) is 17.4 Å². The molecule has 0 bridgehead atoms. The maximum atomic E-state index is 14.2. The van der Waals surface area contributed by atoms with Crippen LogP contribution in [0.15, 0.2) is 35.1 Å². The first kappa shape index (κ1) is 20.7. The number of anilines is 2. The van der Waals surface area contributed by atoms with Crippen molar-refractivity contribution in [3.63, 3.8) is 0 Å². The van der Waals surface area contributed by atoms with E-state index in [1.807, 2.05) is 6.07 Å². The molecule has 2 saturated heterocycles. The summed E-state index contributed by atoms with van der Waals surface area (Å²) in [6.07, 6.45) is 5.00. The van der Waals surface area contributed by atoms with Crippen molar-refractivity contribution in [3.05, 3.63) is 52.1 Å². The van der Waals surface area contributed by atoms with Crippen LogP contribution in [0.3, 0.4) is 0 Å². The molecule has 0 amide bonds. The Balaban J connectivity index is 1.64. The lowest BCUT2D eigenvalue weighted by Gasteiger charge is -2.34. The number of pyridine rings is 1. The number of rotatable bonds is 5. The Morgan fingerprint density at radius 3 is 2.80 bits per heavy atom. The Morgan fingerprint density at radius 1 is 1.17 bits per heavy atom. The van der Waals surface area contributed by atoms with Gasteiger partial charge in [0.05, 0.1) is 20.3 Å². The standard InChI is InChI=1S/C23H30FN3O3/c1-29-23-17(6-5-8-20(23)24)14-18-7-3-2-4-9-27(18)21-15-19(16-22(28)25-21)26-10-12-30-13-11-26/h5-6,8,15-16,18H,2-4,7,9-14H2,1H3,(H,25,28). The van der Waals surface area contributed by atoms with Crippen LogP contribution in [0.1, 0.15) is 31.2 Å². The van der Waals surface area contributed by atoms with Crippen LogP contribution in [0.5, 0.6) is 5.75 Å². The third kappa shape index (κ3) is 4.61. The minimum atomic E-state index is -0.335. The summed E-state index contributed by atoms with van der Waals surface area (Å²) in [5, 5.41) is 0. The average Bonchev–Trinajstić information content (AvgIpc) is 3.00. The van der Waals surface area contributed by atoms with Crippen molar-refractivity contribution in [1.82, 2.24) is 4.98 Å². The number of nitrogens with one attached hydrogen (secondary N) is 1. The average molecular weight is 416 g/mol. The van der Waals surface area contributed by atoms with E-state index in [2.05, 4.69) is 20.9 Å². The number of morpholine rings is 1. The van der Waals surface area contributed by atoms with Gasteiger partial charge >= 0.3 is 0 Å². The van der Waals surface area contributed by atoms with Gasteiger partial charge in [0, 0.05) is 43.5 Å². The topological polar surface area (TPSA) is 57.8 Å². The largest absolute Gasteiger partial charge is 0.493 e. The number of aromatic nitrogens is 1. The minimum absolute atomic E-state index is 0.0969. The first-order valence-corrected chi connectivity index (χ1v) is 10.8. The highest BCUT2D eigenvalue weighted by Gasteiger charge is 2.25. The normalized spacial score (nSPS) is 20.1. The molecule has 0 radical (unpaired) electrons. The summed E-state index contributed by atoms with van der Waals surface area (Å²) in [5.74, 6) is 0.821. The predicted octanol–water partition coefficient (Wildman–Crippen LogP) is 3.35. The van der Waals surface area contributed by atoms with Crippen LogP contribution in [0.2, 0.25) is 0 Å². The van der Waals surface area contributed by atoms with Crippen LogP contribution in [0.25, 0.3) is 0 Å². The number of H-pyrrole nitrogens is 1. The third-order valence-corrected chi connectivity index (χ3v) is 6.09. The highest BCUT2D eigenvalue weighted by molar-refractivity contribution is 5.56. The van der Waals surface area contributed by atoms with Gasteiger partial charge in [-0.05, 0) is 30.9 Å². The van der Waals surface area contributed by atoms with Gasteiger partial charge in [0.2, 0.25) is 0 Å². The van der Waals surface area contributed by atoms with Crippen LogP contribution in [-0.4, -0.2) is 51.0 Å². The molecule has 1 aromatic heterocycles. The molecule has 0 aliphatic carbocycles. The molecule has 30 heavy (non-hydrogen) atoms. The van der Waals surface area contributed by atoms with Gasteiger partial charge in [-0.25, -0.2) is 4.39 Å². The van der Waals surface area contributed by atoms with E-state index in [1.54, 1.807) is 12.1 Å². The molecule has 2 aliphatic heterocycles. The monoisotopic (exact) mass is 415 g/mol. The Hall–Kier alpha value is -2.54. The smallest absolute Gasteiger partial charge is 0.251 e. The first-order valence-electron chi connectivity index (χ1n) is 10.8. The third-order valence-electron chi connectivity index (χ3n) is 6.09. The maximum Gasteiger partial charge on any atom is 0.251 e. The lowest BCUT2D eigenvalue weighted by atomic mass is 9.99. The van der Waals surface area contributed by atoms with Gasteiger partial charge in [-0.15, -0.1) is 0 Å². The number of nitrogens with zero attached hydrogens (tertiary/aromatic N) is 2. The highest BCUT2D eigenvalue weighted by Crippen LogP contribution is 2.30. The van der Waals surface area contributed by atoms with E-state index in [0.717, 1.165) is 62.4 Å². The summed E-state index contributed by atoms with van der Waals surface area (Å²) in [4.78, 5) is 20.0. The predicted molar refractivity (Wildman–Crippen MR) is 116 cm³/mol. The van der Waals surface area contributed by atoms with Crippen LogP contribution in [0, 0.1) is 5.82 Å². The molecule has 3 heterocycles. The molecule has 2 aromatic rings. The Labute approximate surface area is 176 Å². The van der Waals surface area contributed by atoms with Crippen molar-refractivity contribution < 1.29 is 13.9 Å². The Morgan fingerprint density at radius 2 is 2.00 bits per heavy atom. The van der Waals surface area contributed by atoms with E-state index in [1.165, 1.54) is 13.2 Å². The van der Waals surface area contributed by atoms with Crippen molar-refractivity contribution >= 4 is 11.5 Å². The van der Waals surface area contributed by atoms with Gasteiger partial charge in [-0.3, -0.25) is 4.79 Å². The lowest BCUT2D eigenvalue weighted by molar-refractivity contribution is 0.122. The molecule has 2 aliphatic rings. The van der Waals surface area contributed by atoms with E-state index in [4.69, 9.17) is 9.47 Å². The van der Waals surface area contributed by atoms with Crippen LogP contribution < -0.4 is 20.1 Å². The molecule has 1 aromatic carbocycles. The second-order valence-corrected chi connectivity index (χ2v) is 8.02. The molecule has 0 spiro atoms. The molecule has 4 rings (SSSR count). The number of aromatic amines is 1. The summed E-state index contributed by atoms with van der Waals surface area (Å²) < 4.78 is 25.0. The van der Waals surface area contributed by atoms with E-state index in [9.17, 15) is 9.18 Å². The van der Waals surface area contributed by atoms with Crippen molar-refractivity contribution in [1.29, 1.82) is 0 Å². The molecule has 6 nitrogen and oxygen atoms in total. The Bertz CT molecular complexity index is 911. The number of halogens is 1. The maximum absolute atomic E-state index is 14.2. The van der Waals surface area contributed by atoms with E-state index < -0.39 is 0 Å². The zero-order valence-electron chi connectivity index (χ0n) is 17.5. The van der Waals surface area contributed by atoms with Crippen LogP contribution >= 0.6 is 0 Å². The molecule has 1 atom stereocenters. The number of hydrogen-bond donors (Lipinski definition) is 1. The number of methoxy groups -OCH3 is 1. The quantitative estimate of drug-likeness (QED) is 0.812. The van der Waals surface area contributed by atoms with Crippen molar-refractivity contribution in [2.75, 3.05) is 49.8 Å². The van der Waals surface area contributed by atoms with E-state index >= 15 is 0 Å². The second-order valence-electron chi connectivity index (χ2n) is 8.02. The fourth-order valence-corrected chi connectivity index (χ4v) is 4.58. The van der Waals surface area contributed by atoms with Crippen molar-refractivity contribution in [2.45, 2.75) is 38.1 Å². The summed E-state index contributed by atoms with van der Waals surface area (Å²) in [7, 11) is 1.51. The number of hydrogen-bond acceptors (Lipinski definition) is 5. The molecule has 2 fully saturated rings. The summed E-state index contributed by atoms with van der Waals surface area (Å²) in [6.45, 7) is 3.78. The fourth-order valence-electron chi connectivity index (χ4n) is 4.58. The van der Waals surface area contributed by atoms with Gasteiger partial charge in [0.1, 0.15) is 5.82 Å². The van der Waals surface area contributed by atoms with Crippen LogP contribution in [0.4, 0.5) is 15.9 Å². The molecule has 162 valence electrons. The number of para-hydroxylation sites is 1. The van der Waals surface area contributed by atoms with E-state index in [0.29, 0.717) is 25.4 Å². The fraction of sp³-hybridized carbons (Fsp3) is 0.522. The SMILES string of the molecule is COc1c(F)cccc1CC1CCCCCN1c1cc(N2CCOCC2)cc(=O)[nH]1. The van der Waals surface area contributed by atoms with Gasteiger partial charge in [0.15, 0.2) is 11.6 Å². The Kier molecular flexibility index (Phi) is 6.57. The van der Waals surface area contributed by atoms with Crippen molar-refractivity contribution in [2.24, 2.45) is 0 Å². The second kappa shape index (κ2) is 9.51. The first-order chi connectivity index (χ1) is 14.7. The summed E-state index contributed by atoms with van der Waals surface area (Å²) in [5.41, 5.74) is 1.70. The van der Waals surface area contributed by atoms with Gasteiger partial charge in [0.25, 0.3) is 5.56 Å². The molecular weight excluding hydrogens is 385 g/mol. The highest BCUT2D eigenvalue weighted by atomic mass is 19.1. The molecular formula is C23H30FN3O3. The number of ether oxygens (including phenoxy) is 2. The zero-order valence-corrected chi connectivity index (χ0v) is 17.5. The summed E-state index contributed by atoms with van der Waals surface area (Å²) in [6, 6.07) is 8.99. The summed E-state index contributed by atoms with van der Waals surface area (Å²) >= 11 is 0. The van der Waals surface area contributed by atoms with Gasteiger partial charge in [-0.1, -0.05) is 25.0 Å². The van der Waals surface area contributed by atoms with Gasteiger partial charge in [-0.2, -0.15) is 0 Å². The van der Waals surface area contributed by atoms with Crippen molar-refractivity contribution in [3.8, 4) is 5.75 Å². The van der Waals surface area contributed by atoms with Crippen LogP contribution in [-0.2, 0) is 11.2 Å². The molecule has 1 unspecified atom stereocenters. The molecule has 0 saturated carbocycles. The number of benzene rings is 1. The molecule has 7 heteroatoms. The van der Waals surface area contributed by atoms with Gasteiger partial charge < -0.3 is 24.3 Å². The zero-order chi connectivity index (χ0) is 20.9. The molecule has 1 N–H and O–H groups in total. The lowest BCUT2D eigenvalue weighted by Crippen LogP contribution is -2.39. The minimum Gasteiger partial charge on any atom is -0.493 e.